The number of aliphatic hydroxyl groups is 1. The second kappa shape index (κ2) is 11.2. The fourth-order valence-electron chi connectivity index (χ4n) is 4.54. The first-order valence-corrected chi connectivity index (χ1v) is 12.0. The summed E-state index contributed by atoms with van der Waals surface area (Å²) in [6.07, 6.45) is 1.43. The molecule has 2 fully saturated rings. The van der Waals surface area contributed by atoms with Gasteiger partial charge in [-0.15, -0.1) is 0 Å². The number of nitrogens with zero attached hydrogens (tertiary/aromatic N) is 3. The average molecular weight is 456 g/mol. The highest BCUT2D eigenvalue weighted by Crippen LogP contribution is 2.30. The second-order valence-electron chi connectivity index (χ2n) is 9.23. The Morgan fingerprint density at radius 1 is 1.36 bits per heavy atom. The van der Waals surface area contributed by atoms with Crippen LogP contribution in [0.4, 0.5) is 5.82 Å². The molecule has 0 saturated carbocycles. The van der Waals surface area contributed by atoms with Crippen LogP contribution in [0.1, 0.15) is 24.6 Å². The maximum atomic E-state index is 9.97. The summed E-state index contributed by atoms with van der Waals surface area (Å²) in [6, 6.07) is 8.26. The molecule has 0 radical (unpaired) electrons. The molecule has 1 aromatic carbocycles. The van der Waals surface area contributed by atoms with Crippen LogP contribution in [-0.4, -0.2) is 80.3 Å². The highest BCUT2D eigenvalue weighted by molar-refractivity contribution is 5.62. The number of aromatic nitrogens is 2. The number of aliphatic hydroxyl groups excluding tert-OH is 1. The number of likely N-dealkylation sites (N-methyl/N-ethyl adjacent to an activating group) is 1. The van der Waals surface area contributed by atoms with Crippen LogP contribution >= 0.6 is 0 Å². The number of ether oxygens (including phenoxy) is 2. The Bertz CT molecular complexity index is 919. The van der Waals surface area contributed by atoms with Crippen molar-refractivity contribution in [2.75, 3.05) is 57.9 Å². The smallest absolute Gasteiger partial charge is 0.161 e. The van der Waals surface area contributed by atoms with Gasteiger partial charge in [0, 0.05) is 62.3 Å². The lowest BCUT2D eigenvalue weighted by Crippen LogP contribution is -2.49. The number of piperazine rings is 1. The summed E-state index contributed by atoms with van der Waals surface area (Å²) < 4.78 is 11.4. The van der Waals surface area contributed by atoms with Crippen molar-refractivity contribution >= 4 is 5.82 Å². The Kier molecular flexibility index (Phi) is 8.14. The average Bonchev–Trinajstić information content (AvgIpc) is 3.32. The summed E-state index contributed by atoms with van der Waals surface area (Å²) in [5.74, 6) is 2.95. The molecule has 0 amide bonds. The molecular formula is C25H37N5O3. The molecule has 33 heavy (non-hydrogen) atoms. The molecule has 3 heterocycles. The lowest BCUT2D eigenvalue weighted by molar-refractivity contribution is 0.108. The van der Waals surface area contributed by atoms with Gasteiger partial charge in [-0.25, -0.2) is 9.97 Å². The SMILES string of the molecule is CNCC(O)COc1cccc(-c2nc(C[C@@H]3CCOC3)c(C)c(N3CCN[C@@H](C)C3)n2)c1. The van der Waals surface area contributed by atoms with Gasteiger partial charge in [0.25, 0.3) is 0 Å². The van der Waals surface area contributed by atoms with Crippen LogP contribution in [-0.2, 0) is 11.2 Å². The zero-order chi connectivity index (χ0) is 23.2. The van der Waals surface area contributed by atoms with Gasteiger partial charge in [-0.1, -0.05) is 12.1 Å². The normalized spacial score (nSPS) is 21.9. The molecule has 2 aliphatic heterocycles. The second-order valence-corrected chi connectivity index (χ2v) is 9.23. The number of nitrogens with one attached hydrogen (secondary N) is 2. The van der Waals surface area contributed by atoms with Gasteiger partial charge < -0.3 is 30.1 Å². The predicted octanol–water partition coefficient (Wildman–Crippen LogP) is 1.79. The van der Waals surface area contributed by atoms with Gasteiger partial charge in [0.05, 0.1) is 0 Å². The standard InChI is InChI=1S/C25H37N5O3/c1-17-14-30(9-8-27-17)25-18(2)23(11-19-7-10-32-15-19)28-24(29-25)20-5-4-6-22(12-20)33-16-21(31)13-26-3/h4-6,12,17,19,21,26-27,31H,7-11,13-16H2,1-3H3/t17-,19-,21?/m0/s1. The highest BCUT2D eigenvalue weighted by atomic mass is 16.5. The van der Waals surface area contributed by atoms with Gasteiger partial charge in [0.1, 0.15) is 24.3 Å². The van der Waals surface area contributed by atoms with E-state index in [0.717, 1.165) is 68.6 Å². The summed E-state index contributed by atoms with van der Waals surface area (Å²) in [6.45, 7) is 9.53. The Morgan fingerprint density at radius 3 is 3.00 bits per heavy atom. The van der Waals surface area contributed by atoms with Crippen LogP contribution in [0.3, 0.4) is 0 Å². The molecule has 3 atom stereocenters. The first-order valence-electron chi connectivity index (χ1n) is 12.0. The number of hydrogen-bond acceptors (Lipinski definition) is 8. The van der Waals surface area contributed by atoms with Crippen LogP contribution in [0.5, 0.6) is 5.75 Å². The fourth-order valence-corrected chi connectivity index (χ4v) is 4.54. The van der Waals surface area contributed by atoms with Crippen molar-refractivity contribution in [1.82, 2.24) is 20.6 Å². The Morgan fingerprint density at radius 2 is 2.24 bits per heavy atom. The minimum atomic E-state index is -0.559. The molecule has 0 aliphatic carbocycles. The molecule has 180 valence electrons. The summed E-state index contributed by atoms with van der Waals surface area (Å²) >= 11 is 0. The molecule has 1 unspecified atom stereocenters. The monoisotopic (exact) mass is 455 g/mol. The van der Waals surface area contributed by atoms with Gasteiger partial charge in [-0.05, 0) is 51.8 Å². The van der Waals surface area contributed by atoms with Crippen molar-refractivity contribution in [3.05, 3.63) is 35.5 Å². The Labute approximate surface area is 196 Å². The van der Waals surface area contributed by atoms with Crippen LogP contribution in [0.15, 0.2) is 24.3 Å². The molecule has 0 bridgehead atoms. The number of rotatable bonds is 9. The minimum Gasteiger partial charge on any atom is -0.491 e. The molecule has 2 saturated heterocycles. The fraction of sp³-hybridized carbons (Fsp3) is 0.600. The molecule has 0 spiro atoms. The zero-order valence-electron chi connectivity index (χ0n) is 20.0. The van der Waals surface area contributed by atoms with Crippen molar-refractivity contribution in [2.45, 2.75) is 38.8 Å². The first-order chi connectivity index (χ1) is 16.0. The van der Waals surface area contributed by atoms with E-state index in [-0.39, 0.29) is 6.61 Å². The van der Waals surface area contributed by atoms with E-state index in [1.54, 1.807) is 0 Å². The first kappa shape index (κ1) is 23.9. The van der Waals surface area contributed by atoms with Crippen LogP contribution in [0, 0.1) is 12.8 Å². The lowest BCUT2D eigenvalue weighted by atomic mass is 9.99. The zero-order valence-corrected chi connectivity index (χ0v) is 20.0. The lowest BCUT2D eigenvalue weighted by Gasteiger charge is -2.34. The summed E-state index contributed by atoms with van der Waals surface area (Å²) in [7, 11) is 1.81. The minimum absolute atomic E-state index is 0.232. The van der Waals surface area contributed by atoms with Gasteiger partial charge in [0.2, 0.25) is 0 Å². The third-order valence-corrected chi connectivity index (χ3v) is 6.37. The number of anilines is 1. The Balaban J connectivity index is 1.64. The van der Waals surface area contributed by atoms with E-state index >= 15 is 0 Å². The number of benzene rings is 1. The van der Waals surface area contributed by atoms with Crippen LogP contribution in [0.2, 0.25) is 0 Å². The van der Waals surface area contributed by atoms with E-state index in [0.29, 0.717) is 24.3 Å². The topological polar surface area (TPSA) is 91.8 Å². The summed E-state index contributed by atoms with van der Waals surface area (Å²) in [4.78, 5) is 12.4. The molecule has 1 aromatic heterocycles. The molecule has 3 N–H and O–H groups in total. The van der Waals surface area contributed by atoms with Crippen molar-refractivity contribution in [3.63, 3.8) is 0 Å². The highest BCUT2D eigenvalue weighted by Gasteiger charge is 2.24. The largest absolute Gasteiger partial charge is 0.491 e. The maximum Gasteiger partial charge on any atom is 0.161 e. The van der Waals surface area contributed by atoms with E-state index in [9.17, 15) is 5.11 Å². The van der Waals surface area contributed by atoms with Crippen LogP contribution < -0.4 is 20.3 Å². The quantitative estimate of drug-likeness (QED) is 0.527. The van der Waals surface area contributed by atoms with E-state index in [2.05, 4.69) is 29.4 Å². The van der Waals surface area contributed by atoms with Gasteiger partial charge in [-0.3, -0.25) is 0 Å². The summed E-state index contributed by atoms with van der Waals surface area (Å²) in [5.41, 5.74) is 3.19. The van der Waals surface area contributed by atoms with E-state index in [4.69, 9.17) is 19.4 Å². The van der Waals surface area contributed by atoms with E-state index < -0.39 is 6.10 Å². The van der Waals surface area contributed by atoms with E-state index in [1.165, 1.54) is 5.56 Å². The Hall–Kier alpha value is -2.26. The summed E-state index contributed by atoms with van der Waals surface area (Å²) in [5, 5.41) is 16.4. The van der Waals surface area contributed by atoms with E-state index in [1.807, 2.05) is 31.3 Å². The van der Waals surface area contributed by atoms with Crippen LogP contribution in [0.25, 0.3) is 11.4 Å². The predicted molar refractivity (Wildman–Crippen MR) is 130 cm³/mol. The van der Waals surface area contributed by atoms with Gasteiger partial charge in [0.15, 0.2) is 5.82 Å². The molecule has 8 nitrogen and oxygen atoms in total. The van der Waals surface area contributed by atoms with Gasteiger partial charge in [-0.2, -0.15) is 0 Å². The van der Waals surface area contributed by atoms with Gasteiger partial charge >= 0.3 is 0 Å². The molecule has 4 rings (SSSR count). The third-order valence-electron chi connectivity index (χ3n) is 6.37. The molecule has 2 aliphatic rings. The maximum absolute atomic E-state index is 9.97. The van der Waals surface area contributed by atoms with Crippen molar-refractivity contribution < 1.29 is 14.6 Å². The molecular weight excluding hydrogens is 418 g/mol. The van der Waals surface area contributed by atoms with Crippen molar-refractivity contribution in [2.24, 2.45) is 5.92 Å². The molecule has 8 heteroatoms. The number of hydrogen-bond donors (Lipinski definition) is 3. The third kappa shape index (κ3) is 6.20. The van der Waals surface area contributed by atoms with Crippen molar-refractivity contribution in [3.8, 4) is 17.1 Å². The molecule has 2 aromatic rings. The van der Waals surface area contributed by atoms with Crippen molar-refractivity contribution in [1.29, 1.82) is 0 Å².